The highest BCUT2D eigenvalue weighted by Crippen LogP contribution is 2.26. The molecule has 6 nitrogen and oxygen atoms in total. The Morgan fingerprint density at radius 3 is 2.48 bits per heavy atom. The van der Waals surface area contributed by atoms with Crippen molar-refractivity contribution in [3.63, 3.8) is 0 Å². The highest BCUT2D eigenvalue weighted by atomic mass is 16.5. The van der Waals surface area contributed by atoms with Gasteiger partial charge in [-0.15, -0.1) is 0 Å². The number of methoxy groups -OCH3 is 1. The van der Waals surface area contributed by atoms with E-state index in [1.165, 1.54) is 0 Å². The molecule has 0 aliphatic rings. The lowest BCUT2D eigenvalue weighted by Crippen LogP contribution is -2.25. The van der Waals surface area contributed by atoms with Crippen molar-refractivity contribution in [1.29, 1.82) is 0 Å². The van der Waals surface area contributed by atoms with Gasteiger partial charge in [0.1, 0.15) is 18.3 Å². The van der Waals surface area contributed by atoms with E-state index in [1.807, 2.05) is 43.3 Å². The van der Waals surface area contributed by atoms with E-state index in [9.17, 15) is 9.59 Å². The average molecular weight is 345 g/mol. The second kappa shape index (κ2) is 9.03. The lowest BCUT2D eigenvalue weighted by molar-refractivity contribution is -0.150. The molecular weight excluding hydrogens is 322 g/mol. The molecule has 0 saturated heterocycles. The zero-order chi connectivity index (χ0) is 18.2. The third-order valence-corrected chi connectivity index (χ3v) is 3.78. The van der Waals surface area contributed by atoms with Gasteiger partial charge in [-0.3, -0.25) is 9.59 Å². The van der Waals surface area contributed by atoms with Crippen molar-refractivity contribution >= 4 is 22.7 Å². The maximum atomic E-state index is 12.4. The van der Waals surface area contributed by atoms with Crippen LogP contribution in [-0.2, 0) is 19.1 Å². The lowest BCUT2D eigenvalue weighted by Gasteiger charge is -2.17. The van der Waals surface area contributed by atoms with Crippen molar-refractivity contribution in [2.24, 2.45) is 5.73 Å². The monoisotopic (exact) mass is 345 g/mol. The largest absolute Gasteiger partial charge is 0.497 e. The van der Waals surface area contributed by atoms with Gasteiger partial charge in [-0.1, -0.05) is 31.2 Å². The maximum Gasteiger partial charge on any atom is 0.319 e. The average Bonchev–Trinajstić information content (AvgIpc) is 2.65. The number of hydrogen-bond donors (Lipinski definition) is 1. The van der Waals surface area contributed by atoms with E-state index in [2.05, 4.69) is 0 Å². The molecule has 0 fully saturated rings. The van der Waals surface area contributed by atoms with E-state index >= 15 is 0 Å². The Bertz CT molecular complexity index is 744. The summed E-state index contributed by atoms with van der Waals surface area (Å²) in [5.74, 6) is -0.900. The predicted octanol–water partition coefficient (Wildman–Crippen LogP) is 2.39. The van der Waals surface area contributed by atoms with Gasteiger partial charge < -0.3 is 19.9 Å². The molecule has 2 N–H and O–H groups in total. The van der Waals surface area contributed by atoms with Crippen LogP contribution in [-0.4, -0.2) is 38.8 Å². The molecule has 6 heteroatoms. The predicted molar refractivity (Wildman–Crippen MR) is 94.5 cm³/mol. The fraction of sp³-hybridized carbons (Fsp3) is 0.368. The van der Waals surface area contributed by atoms with E-state index in [0.29, 0.717) is 6.61 Å². The number of carbonyl (C=O) groups excluding carboxylic acids is 2. The number of carbonyl (C=O) groups is 2. The Morgan fingerprint density at radius 1 is 1.08 bits per heavy atom. The molecule has 2 rings (SSSR count). The molecular formula is C19H23NO5. The summed E-state index contributed by atoms with van der Waals surface area (Å²) in [7, 11) is 1.61. The SMILES string of the molecule is CCCOC(=O)C(COC(=O)CN)c1ccc2cc(OC)ccc2c1. The first-order chi connectivity index (χ1) is 12.1. The van der Waals surface area contributed by atoms with Crippen molar-refractivity contribution in [2.75, 3.05) is 26.9 Å². The van der Waals surface area contributed by atoms with Crippen LogP contribution in [0.2, 0.25) is 0 Å². The maximum absolute atomic E-state index is 12.4. The fourth-order valence-corrected chi connectivity index (χ4v) is 2.42. The van der Waals surface area contributed by atoms with Gasteiger partial charge in [-0.25, -0.2) is 0 Å². The van der Waals surface area contributed by atoms with E-state index in [0.717, 1.165) is 28.5 Å². The molecule has 0 heterocycles. The number of rotatable bonds is 8. The Labute approximate surface area is 146 Å². The summed E-state index contributed by atoms with van der Waals surface area (Å²) < 4.78 is 15.5. The van der Waals surface area contributed by atoms with Crippen LogP contribution in [0, 0.1) is 0 Å². The first-order valence-electron chi connectivity index (χ1n) is 8.19. The molecule has 0 amide bonds. The van der Waals surface area contributed by atoms with Crippen molar-refractivity contribution in [2.45, 2.75) is 19.3 Å². The fourth-order valence-electron chi connectivity index (χ4n) is 2.42. The second-order valence-corrected chi connectivity index (χ2v) is 5.58. The van der Waals surface area contributed by atoms with Crippen molar-refractivity contribution in [3.8, 4) is 5.75 Å². The minimum atomic E-state index is -0.687. The molecule has 0 aliphatic heterocycles. The van der Waals surface area contributed by atoms with Crippen LogP contribution in [0.4, 0.5) is 0 Å². The molecule has 1 unspecified atom stereocenters. The van der Waals surface area contributed by atoms with Crippen LogP contribution in [0.25, 0.3) is 10.8 Å². The van der Waals surface area contributed by atoms with E-state index in [4.69, 9.17) is 19.9 Å². The van der Waals surface area contributed by atoms with Gasteiger partial charge in [-0.05, 0) is 34.9 Å². The van der Waals surface area contributed by atoms with Crippen molar-refractivity contribution in [1.82, 2.24) is 0 Å². The Hall–Kier alpha value is -2.60. The molecule has 0 aromatic heterocycles. The Balaban J connectivity index is 2.29. The summed E-state index contributed by atoms with van der Waals surface area (Å²) in [6.45, 7) is 1.92. The zero-order valence-corrected chi connectivity index (χ0v) is 14.5. The highest BCUT2D eigenvalue weighted by molar-refractivity contribution is 5.87. The molecule has 0 bridgehead atoms. The van der Waals surface area contributed by atoms with Crippen LogP contribution in [0.3, 0.4) is 0 Å². The van der Waals surface area contributed by atoms with Crippen LogP contribution in [0.5, 0.6) is 5.75 Å². The van der Waals surface area contributed by atoms with Gasteiger partial charge in [0.05, 0.1) is 20.3 Å². The van der Waals surface area contributed by atoms with Crippen LogP contribution < -0.4 is 10.5 Å². The van der Waals surface area contributed by atoms with Gasteiger partial charge in [0.2, 0.25) is 0 Å². The third kappa shape index (κ3) is 4.93. The van der Waals surface area contributed by atoms with E-state index in [1.54, 1.807) is 7.11 Å². The number of esters is 2. The minimum absolute atomic E-state index is 0.0970. The smallest absolute Gasteiger partial charge is 0.319 e. The van der Waals surface area contributed by atoms with Crippen LogP contribution >= 0.6 is 0 Å². The molecule has 0 spiro atoms. The first kappa shape index (κ1) is 18.7. The topological polar surface area (TPSA) is 87.9 Å². The van der Waals surface area contributed by atoms with Crippen LogP contribution in [0.1, 0.15) is 24.8 Å². The summed E-state index contributed by atoms with van der Waals surface area (Å²) in [6.07, 6.45) is 0.721. The minimum Gasteiger partial charge on any atom is -0.497 e. The number of ether oxygens (including phenoxy) is 3. The van der Waals surface area contributed by atoms with E-state index in [-0.39, 0.29) is 13.2 Å². The van der Waals surface area contributed by atoms with Gasteiger partial charge in [0.15, 0.2) is 0 Å². The zero-order valence-electron chi connectivity index (χ0n) is 14.5. The Morgan fingerprint density at radius 2 is 1.80 bits per heavy atom. The summed E-state index contributed by atoms with van der Waals surface area (Å²) in [5.41, 5.74) is 5.98. The summed E-state index contributed by atoms with van der Waals surface area (Å²) in [5, 5.41) is 1.94. The van der Waals surface area contributed by atoms with Gasteiger partial charge in [0, 0.05) is 0 Å². The van der Waals surface area contributed by atoms with Gasteiger partial charge in [0.25, 0.3) is 0 Å². The molecule has 134 valence electrons. The summed E-state index contributed by atoms with van der Waals surface area (Å²) in [6, 6.07) is 11.3. The Kier molecular flexibility index (Phi) is 6.77. The third-order valence-electron chi connectivity index (χ3n) is 3.78. The highest BCUT2D eigenvalue weighted by Gasteiger charge is 2.24. The molecule has 0 radical (unpaired) electrons. The molecule has 2 aromatic carbocycles. The summed E-state index contributed by atoms with van der Waals surface area (Å²) in [4.78, 5) is 23.7. The quantitative estimate of drug-likeness (QED) is 0.739. The van der Waals surface area contributed by atoms with Crippen molar-refractivity contribution in [3.05, 3.63) is 42.0 Å². The van der Waals surface area contributed by atoms with Crippen molar-refractivity contribution < 1.29 is 23.8 Å². The first-order valence-corrected chi connectivity index (χ1v) is 8.19. The lowest BCUT2D eigenvalue weighted by atomic mass is 9.96. The number of benzene rings is 2. The number of fused-ring (bicyclic) bond motifs is 1. The molecule has 1 atom stereocenters. The van der Waals surface area contributed by atoms with Crippen LogP contribution in [0.15, 0.2) is 36.4 Å². The molecule has 0 aliphatic carbocycles. The normalized spacial score (nSPS) is 11.8. The number of nitrogens with two attached hydrogens (primary N) is 1. The second-order valence-electron chi connectivity index (χ2n) is 5.58. The van der Waals surface area contributed by atoms with Gasteiger partial charge >= 0.3 is 11.9 Å². The molecule has 25 heavy (non-hydrogen) atoms. The molecule has 2 aromatic rings. The summed E-state index contributed by atoms with van der Waals surface area (Å²) >= 11 is 0. The van der Waals surface area contributed by atoms with Gasteiger partial charge in [-0.2, -0.15) is 0 Å². The van der Waals surface area contributed by atoms with E-state index < -0.39 is 17.9 Å². The number of hydrogen-bond acceptors (Lipinski definition) is 6. The molecule has 0 saturated carbocycles. The standard InChI is InChI=1S/C19H23NO5/c1-3-8-24-19(22)17(12-25-18(21)11-20)15-5-4-14-10-16(23-2)7-6-13(14)9-15/h4-7,9-10,17H,3,8,11-12,20H2,1-2H3.